The second-order valence-electron chi connectivity index (χ2n) is 14.1. The Bertz CT molecular complexity index is 2070. The van der Waals surface area contributed by atoms with Gasteiger partial charge in [-0.1, -0.05) is 59.3 Å². The van der Waals surface area contributed by atoms with Crippen molar-refractivity contribution in [3.63, 3.8) is 0 Å². The second kappa shape index (κ2) is 14.5. The fourth-order valence-electron chi connectivity index (χ4n) is 5.87. The number of benzene rings is 4. The zero-order chi connectivity index (χ0) is 35.3. The first kappa shape index (κ1) is 35.1. The van der Waals surface area contributed by atoms with Crippen LogP contribution in [0.2, 0.25) is 0 Å². The average Bonchev–Trinajstić information content (AvgIpc) is 3.04. The van der Waals surface area contributed by atoms with Gasteiger partial charge >= 0.3 is 11.9 Å². The lowest BCUT2D eigenvalue weighted by Gasteiger charge is -2.24. The van der Waals surface area contributed by atoms with Crippen LogP contribution in [0, 0.1) is 6.92 Å². The number of esters is 2. The zero-order valence-electron chi connectivity index (χ0n) is 29.5. The number of allylic oxidation sites excluding steroid dienone is 1. The normalized spacial score (nSPS) is 16.2. The molecular formula is C42H44O7. The van der Waals surface area contributed by atoms with Crippen LogP contribution < -0.4 is 24.6 Å². The maximum Gasteiger partial charge on any atom is 0.344 e. The first-order chi connectivity index (χ1) is 23.2. The smallest absolute Gasteiger partial charge is 0.344 e. The number of aryl methyl sites for hydroxylation is 1. The molecular weight excluding hydrogens is 616 g/mol. The molecule has 0 aromatic heterocycles. The van der Waals surface area contributed by atoms with Crippen LogP contribution in [-0.4, -0.2) is 36.4 Å². The van der Waals surface area contributed by atoms with Gasteiger partial charge in [0.15, 0.2) is 13.2 Å². The molecule has 0 radical (unpaired) electrons. The summed E-state index contributed by atoms with van der Waals surface area (Å²) in [5.74, 6) is 0.735. The van der Waals surface area contributed by atoms with Crippen molar-refractivity contribution in [2.75, 3.05) is 13.2 Å². The number of hydrogen-bond donors (Lipinski definition) is 0. The number of rotatable bonds is 7. The predicted molar refractivity (Wildman–Crippen MR) is 192 cm³/mol. The highest BCUT2D eigenvalue weighted by Gasteiger charge is 2.25. The van der Waals surface area contributed by atoms with Gasteiger partial charge in [-0.15, -0.1) is 0 Å². The minimum absolute atomic E-state index is 0.191. The summed E-state index contributed by atoms with van der Waals surface area (Å²) in [7, 11) is 0. The molecule has 7 heteroatoms. The maximum atomic E-state index is 12.4. The van der Waals surface area contributed by atoms with Gasteiger partial charge in [-0.05, 0) is 125 Å². The van der Waals surface area contributed by atoms with Crippen molar-refractivity contribution >= 4 is 34.4 Å². The minimum Gasteiger partial charge on any atom is -0.482 e. The van der Waals surface area contributed by atoms with Gasteiger partial charge in [-0.2, -0.15) is 0 Å². The third-order valence-corrected chi connectivity index (χ3v) is 7.70. The van der Waals surface area contributed by atoms with E-state index in [0.717, 1.165) is 43.5 Å². The molecule has 0 spiro atoms. The number of carbonyl (C=O) groups is 2. The molecule has 7 nitrogen and oxygen atoms in total. The van der Waals surface area contributed by atoms with Gasteiger partial charge in [-0.25, -0.2) is 9.59 Å². The van der Waals surface area contributed by atoms with E-state index in [1.165, 1.54) is 0 Å². The summed E-state index contributed by atoms with van der Waals surface area (Å²) in [5.41, 5.74) is 6.25. The van der Waals surface area contributed by atoms with Crippen molar-refractivity contribution in [2.45, 2.75) is 72.5 Å². The molecule has 0 fully saturated rings. The van der Waals surface area contributed by atoms with Crippen LogP contribution in [-0.2, 0) is 19.1 Å². The van der Waals surface area contributed by atoms with Crippen LogP contribution in [0.5, 0.6) is 17.2 Å². The molecule has 0 bridgehead atoms. The van der Waals surface area contributed by atoms with E-state index in [2.05, 4.69) is 43.8 Å². The Balaban J connectivity index is 1.64. The molecule has 4 aromatic rings. The third-order valence-electron chi connectivity index (χ3n) is 7.70. The molecule has 0 N–H and O–H groups in total. The fourth-order valence-corrected chi connectivity index (χ4v) is 5.87. The van der Waals surface area contributed by atoms with Gasteiger partial charge in [0.25, 0.3) is 0 Å². The van der Waals surface area contributed by atoms with Crippen molar-refractivity contribution < 1.29 is 33.3 Å². The summed E-state index contributed by atoms with van der Waals surface area (Å²) in [6.07, 6.45) is 5.30. The van der Waals surface area contributed by atoms with Gasteiger partial charge < -0.3 is 23.7 Å². The Morgan fingerprint density at radius 3 is 2.08 bits per heavy atom. The highest BCUT2D eigenvalue weighted by molar-refractivity contribution is 5.92. The molecule has 0 saturated heterocycles. The Morgan fingerprint density at radius 2 is 1.43 bits per heavy atom. The van der Waals surface area contributed by atoms with Gasteiger partial charge in [0.2, 0.25) is 0 Å². The topological polar surface area (TPSA) is 80.3 Å². The summed E-state index contributed by atoms with van der Waals surface area (Å²) in [5, 5.41) is 3.82. The van der Waals surface area contributed by atoms with Gasteiger partial charge in [0.05, 0.1) is 0 Å². The van der Waals surface area contributed by atoms with E-state index in [0.29, 0.717) is 17.2 Å². The largest absolute Gasteiger partial charge is 0.482 e. The number of hydrogen-bond acceptors (Lipinski definition) is 7. The van der Waals surface area contributed by atoms with E-state index in [1.54, 1.807) is 12.3 Å². The monoisotopic (exact) mass is 660 g/mol. The van der Waals surface area contributed by atoms with Crippen molar-refractivity contribution in [1.82, 2.24) is 0 Å². The molecule has 254 valence electrons. The lowest BCUT2D eigenvalue weighted by Crippen LogP contribution is -2.30. The lowest BCUT2D eigenvalue weighted by molar-refractivity contribution is -0.158. The van der Waals surface area contributed by atoms with Crippen molar-refractivity contribution in [2.24, 2.45) is 0 Å². The summed E-state index contributed by atoms with van der Waals surface area (Å²) >= 11 is 0. The number of carbonyl (C=O) groups excluding carboxylic acids is 2. The van der Waals surface area contributed by atoms with Crippen molar-refractivity contribution in [1.29, 1.82) is 0 Å². The molecule has 1 atom stereocenters. The molecule has 0 saturated carbocycles. The van der Waals surface area contributed by atoms with Crippen molar-refractivity contribution in [3.8, 4) is 17.2 Å². The molecule has 1 aliphatic rings. The molecule has 1 unspecified atom stereocenters. The molecule has 0 aliphatic carbocycles. The zero-order valence-corrected chi connectivity index (χ0v) is 29.5. The van der Waals surface area contributed by atoms with E-state index < -0.39 is 23.1 Å². The lowest BCUT2D eigenvalue weighted by atomic mass is 9.81. The van der Waals surface area contributed by atoms with Gasteiger partial charge in [0.1, 0.15) is 34.7 Å². The SMILES string of the molecule is C/C1=c2/ccc(OCC(=O)OC(C)(C)C)c/c2=C/C=C=COc2ccc3cc(OCC(=O)OC(C)(C)C)ccc3c2C1c1cccc(C)c1. The first-order valence-corrected chi connectivity index (χ1v) is 16.4. The molecule has 5 rings (SSSR count). The van der Waals surface area contributed by atoms with E-state index in [-0.39, 0.29) is 19.1 Å². The number of fused-ring (bicyclic) bond motifs is 4. The van der Waals surface area contributed by atoms with Crippen LogP contribution in [0.4, 0.5) is 0 Å². The van der Waals surface area contributed by atoms with E-state index in [9.17, 15) is 9.59 Å². The minimum atomic E-state index is -0.597. The second-order valence-corrected chi connectivity index (χ2v) is 14.1. The molecule has 49 heavy (non-hydrogen) atoms. The molecule has 1 heterocycles. The average molecular weight is 661 g/mol. The van der Waals surface area contributed by atoms with Crippen LogP contribution in [0.3, 0.4) is 0 Å². The highest BCUT2D eigenvalue weighted by atomic mass is 16.6. The van der Waals surface area contributed by atoms with Gasteiger partial charge in [-0.3, -0.25) is 0 Å². The Morgan fingerprint density at radius 1 is 0.776 bits per heavy atom. The van der Waals surface area contributed by atoms with Crippen LogP contribution >= 0.6 is 0 Å². The van der Waals surface area contributed by atoms with E-state index in [1.807, 2.05) is 96.1 Å². The Hall–Kier alpha value is -5.26. The van der Waals surface area contributed by atoms with E-state index in [4.69, 9.17) is 23.7 Å². The summed E-state index contributed by atoms with van der Waals surface area (Å²) in [6.45, 7) is 14.8. The third kappa shape index (κ3) is 9.21. The molecule has 0 amide bonds. The van der Waals surface area contributed by atoms with E-state index >= 15 is 0 Å². The standard InChI is InChI=1S/C42H44O7/c1-27-12-11-14-31(22-27)39-28(2)34-18-16-32(46-25-37(43)48-41(3,4)5)23-29(34)13-9-10-21-45-36-20-15-30-24-33(17-19-35(30)40(36)39)47-26-38(44)49-42(6,7)8/h9,11-24,39H,25-26H2,1-8H3/b29-13-,34-28+. The van der Waals surface area contributed by atoms with Crippen LogP contribution in [0.25, 0.3) is 22.4 Å². The van der Waals surface area contributed by atoms with Crippen molar-refractivity contribution in [3.05, 3.63) is 118 Å². The number of ether oxygens (including phenoxy) is 5. The highest BCUT2D eigenvalue weighted by Crippen LogP contribution is 2.43. The quantitative estimate of drug-likeness (QED) is 0.151. The Kier molecular flexibility index (Phi) is 10.4. The summed E-state index contributed by atoms with van der Waals surface area (Å²) in [6, 6.07) is 24.1. The van der Waals surface area contributed by atoms with Crippen LogP contribution in [0.1, 0.15) is 71.1 Å². The Labute approximate surface area is 288 Å². The predicted octanol–water partition coefficient (Wildman–Crippen LogP) is 7.43. The van der Waals surface area contributed by atoms with Crippen LogP contribution in [0.15, 0.2) is 90.9 Å². The summed E-state index contributed by atoms with van der Waals surface area (Å²) in [4.78, 5) is 24.7. The maximum absolute atomic E-state index is 12.4. The van der Waals surface area contributed by atoms with Gasteiger partial charge in [0, 0.05) is 11.5 Å². The molecule has 1 aliphatic heterocycles. The molecule has 4 aromatic carbocycles. The summed E-state index contributed by atoms with van der Waals surface area (Å²) < 4.78 is 28.8. The fraction of sp³-hybridized carbons (Fsp3) is 0.310. The first-order valence-electron chi connectivity index (χ1n) is 16.4.